The van der Waals surface area contributed by atoms with Crippen molar-refractivity contribution in [3.63, 3.8) is 0 Å². The van der Waals surface area contributed by atoms with E-state index in [1.54, 1.807) is 0 Å². The highest BCUT2D eigenvalue weighted by atomic mass is 16.6. The average molecular weight is 594 g/mol. The van der Waals surface area contributed by atoms with Gasteiger partial charge in [-0.2, -0.15) is 0 Å². The SMILES string of the molecule is CC[C@H]1C[N@+]2(Cc3c4ccccc4cc4ccccc34)CC[C@H]1C[C@H]2[C@](O)(OCc1ccccc1)c1ccnc2ccccc12. The lowest BCUT2D eigenvalue weighted by Gasteiger charge is -2.60. The molecule has 6 aromatic rings. The zero-order valence-electron chi connectivity index (χ0n) is 26.0. The van der Waals surface area contributed by atoms with E-state index in [2.05, 4.69) is 84.7 Å². The van der Waals surface area contributed by atoms with Crippen molar-refractivity contribution >= 4 is 32.4 Å². The molecule has 0 saturated carbocycles. The van der Waals surface area contributed by atoms with Gasteiger partial charge >= 0.3 is 0 Å². The smallest absolute Gasteiger partial charge is 0.247 e. The number of fused-ring (bicyclic) bond motifs is 6. The molecule has 0 aliphatic carbocycles. The summed E-state index contributed by atoms with van der Waals surface area (Å²) in [7, 11) is 0. The highest BCUT2D eigenvalue weighted by Gasteiger charge is 2.61. The predicted molar refractivity (Wildman–Crippen MR) is 182 cm³/mol. The van der Waals surface area contributed by atoms with Crippen molar-refractivity contribution in [1.29, 1.82) is 0 Å². The van der Waals surface area contributed by atoms with Gasteiger partial charge in [0.15, 0.2) is 0 Å². The number of para-hydroxylation sites is 1. The topological polar surface area (TPSA) is 42.4 Å². The van der Waals surface area contributed by atoms with Gasteiger partial charge in [0.25, 0.3) is 0 Å². The maximum Gasteiger partial charge on any atom is 0.247 e. The van der Waals surface area contributed by atoms with Gasteiger partial charge in [0.1, 0.15) is 12.6 Å². The molecule has 5 aromatic carbocycles. The summed E-state index contributed by atoms with van der Waals surface area (Å²) >= 11 is 0. The minimum atomic E-state index is -1.50. The molecule has 1 aromatic heterocycles. The fourth-order valence-electron chi connectivity index (χ4n) is 8.84. The average Bonchev–Trinajstić information content (AvgIpc) is 3.10. The molecule has 3 fully saturated rings. The number of benzene rings is 5. The Labute approximate surface area is 265 Å². The standard InChI is InChI=1S/C41H41N2O2/c1-2-30-26-43(27-37-34-16-8-6-14-32(34)24-33-15-7-9-17-35(33)37)23-21-31(30)25-40(43)41(44,45-28-29-12-4-3-5-13-29)38-20-22-42-39-19-11-10-18-36(38)39/h3-20,22,24,30-31,40,44H,2,21,23,25-28H2,1H3/q+1/t30-,31-,40-,41+,43-/m0/s1. The molecule has 5 atom stereocenters. The van der Waals surface area contributed by atoms with Crippen molar-refractivity contribution in [3.8, 4) is 0 Å². The second-order valence-electron chi connectivity index (χ2n) is 13.4. The van der Waals surface area contributed by atoms with Crippen molar-refractivity contribution in [2.45, 2.75) is 51.2 Å². The number of quaternary nitrogens is 1. The van der Waals surface area contributed by atoms with Gasteiger partial charge in [0.2, 0.25) is 5.79 Å². The van der Waals surface area contributed by atoms with Gasteiger partial charge in [0.05, 0.1) is 25.2 Å². The Hall–Kier alpha value is -4.09. The fourth-order valence-corrected chi connectivity index (χ4v) is 8.84. The van der Waals surface area contributed by atoms with Gasteiger partial charge in [0, 0.05) is 41.5 Å². The molecule has 3 aliphatic heterocycles. The zero-order chi connectivity index (χ0) is 30.4. The molecule has 0 radical (unpaired) electrons. The second-order valence-corrected chi connectivity index (χ2v) is 13.4. The van der Waals surface area contributed by atoms with Crippen LogP contribution in [-0.2, 0) is 23.7 Å². The quantitative estimate of drug-likeness (QED) is 0.109. The molecule has 4 nitrogen and oxygen atoms in total. The lowest BCUT2D eigenvalue weighted by atomic mass is 9.69. The van der Waals surface area contributed by atoms with Crippen LogP contribution in [0, 0.1) is 11.8 Å². The molecule has 4 heterocycles. The Bertz CT molecular complexity index is 1930. The minimum Gasteiger partial charge on any atom is -0.357 e. The number of hydrogen-bond donors (Lipinski definition) is 1. The van der Waals surface area contributed by atoms with Crippen LogP contribution < -0.4 is 0 Å². The zero-order valence-corrected chi connectivity index (χ0v) is 26.0. The maximum atomic E-state index is 13.4. The summed E-state index contributed by atoms with van der Waals surface area (Å²) in [6, 6.07) is 40.3. The Morgan fingerprint density at radius 2 is 1.49 bits per heavy atom. The summed E-state index contributed by atoms with van der Waals surface area (Å²) in [6.45, 7) is 5.62. The van der Waals surface area contributed by atoms with Gasteiger partial charge in [-0.15, -0.1) is 0 Å². The molecule has 0 unspecified atom stereocenters. The van der Waals surface area contributed by atoms with E-state index in [1.807, 2.05) is 48.7 Å². The van der Waals surface area contributed by atoms with Crippen molar-refractivity contribution in [2.75, 3.05) is 13.1 Å². The molecule has 45 heavy (non-hydrogen) atoms. The van der Waals surface area contributed by atoms with Crippen LogP contribution in [0.15, 0.2) is 121 Å². The Morgan fingerprint density at radius 3 is 2.22 bits per heavy atom. The Morgan fingerprint density at radius 1 is 0.822 bits per heavy atom. The van der Waals surface area contributed by atoms with Crippen LogP contribution in [0.5, 0.6) is 0 Å². The van der Waals surface area contributed by atoms with Crippen LogP contribution in [0.3, 0.4) is 0 Å². The van der Waals surface area contributed by atoms with E-state index < -0.39 is 5.79 Å². The fraction of sp³-hybridized carbons (Fsp3) is 0.293. The first-order valence-electron chi connectivity index (χ1n) is 16.6. The number of piperidine rings is 3. The van der Waals surface area contributed by atoms with Gasteiger partial charge in [-0.3, -0.25) is 4.98 Å². The van der Waals surface area contributed by atoms with E-state index in [4.69, 9.17) is 4.74 Å². The third kappa shape index (κ3) is 4.84. The third-order valence-corrected chi connectivity index (χ3v) is 11.1. The summed E-state index contributed by atoms with van der Waals surface area (Å²) in [4.78, 5) is 4.67. The largest absolute Gasteiger partial charge is 0.357 e. The molecule has 0 spiro atoms. The lowest BCUT2D eigenvalue weighted by Crippen LogP contribution is -2.72. The molecule has 4 heteroatoms. The molecular weight excluding hydrogens is 552 g/mol. The number of hydrogen-bond acceptors (Lipinski definition) is 3. The summed E-state index contributed by atoms with van der Waals surface area (Å²) in [5, 5.41) is 19.5. The van der Waals surface area contributed by atoms with Crippen LogP contribution in [0.4, 0.5) is 0 Å². The summed E-state index contributed by atoms with van der Waals surface area (Å²) in [5.41, 5.74) is 4.15. The van der Waals surface area contributed by atoms with Crippen LogP contribution >= 0.6 is 0 Å². The summed E-state index contributed by atoms with van der Waals surface area (Å²) in [5.74, 6) is -0.302. The van der Waals surface area contributed by atoms with Crippen molar-refractivity contribution in [2.24, 2.45) is 11.8 Å². The highest BCUT2D eigenvalue weighted by Crippen LogP contribution is 2.52. The first-order chi connectivity index (χ1) is 22.1. The van der Waals surface area contributed by atoms with E-state index in [1.165, 1.54) is 33.5 Å². The first-order valence-corrected chi connectivity index (χ1v) is 16.6. The molecule has 226 valence electrons. The number of pyridine rings is 1. The van der Waals surface area contributed by atoms with Crippen LogP contribution in [0.1, 0.15) is 42.9 Å². The van der Waals surface area contributed by atoms with Crippen LogP contribution in [0.2, 0.25) is 0 Å². The molecule has 9 rings (SSSR count). The predicted octanol–water partition coefficient (Wildman–Crippen LogP) is 8.74. The van der Waals surface area contributed by atoms with E-state index >= 15 is 0 Å². The van der Waals surface area contributed by atoms with Gasteiger partial charge in [-0.1, -0.05) is 104 Å². The van der Waals surface area contributed by atoms with Gasteiger partial charge in [-0.05, 0) is 57.6 Å². The van der Waals surface area contributed by atoms with Crippen molar-refractivity contribution in [3.05, 3.63) is 138 Å². The molecule has 3 aliphatic rings. The van der Waals surface area contributed by atoms with E-state index in [0.717, 1.165) is 59.0 Å². The maximum absolute atomic E-state index is 13.4. The molecule has 0 amide bonds. The third-order valence-electron chi connectivity index (χ3n) is 11.1. The number of nitrogens with zero attached hydrogens (tertiary/aromatic N) is 2. The second kappa shape index (κ2) is 11.4. The summed E-state index contributed by atoms with van der Waals surface area (Å²) < 4.78 is 7.74. The molecular formula is C41H41N2O2+. The lowest BCUT2D eigenvalue weighted by molar-refractivity contribution is -0.992. The summed E-state index contributed by atoms with van der Waals surface area (Å²) in [6.07, 6.45) is 5.12. The number of aromatic nitrogens is 1. The highest BCUT2D eigenvalue weighted by molar-refractivity contribution is 6.02. The normalized spacial score (nSPS) is 24.3. The minimum absolute atomic E-state index is 0.133. The van der Waals surface area contributed by atoms with Gasteiger partial charge in [-0.25, -0.2) is 0 Å². The molecule has 1 N–H and O–H groups in total. The number of ether oxygens (including phenoxy) is 1. The van der Waals surface area contributed by atoms with Crippen molar-refractivity contribution < 1.29 is 14.3 Å². The number of rotatable bonds is 8. The van der Waals surface area contributed by atoms with Gasteiger partial charge < -0.3 is 14.3 Å². The number of aliphatic hydroxyl groups is 1. The first kappa shape index (κ1) is 28.4. The van der Waals surface area contributed by atoms with Crippen LogP contribution in [0.25, 0.3) is 32.4 Å². The van der Waals surface area contributed by atoms with E-state index in [-0.39, 0.29) is 6.04 Å². The Balaban J connectivity index is 1.32. The van der Waals surface area contributed by atoms with Crippen molar-refractivity contribution in [1.82, 2.24) is 4.98 Å². The monoisotopic (exact) mass is 593 g/mol. The Kier molecular flexibility index (Phi) is 7.17. The van der Waals surface area contributed by atoms with Crippen LogP contribution in [-0.4, -0.2) is 33.7 Å². The molecule has 2 bridgehead atoms. The van der Waals surface area contributed by atoms with E-state index in [0.29, 0.717) is 18.4 Å². The van der Waals surface area contributed by atoms with E-state index in [9.17, 15) is 5.11 Å². The molecule has 3 saturated heterocycles.